The molecule has 0 radical (unpaired) electrons. The van der Waals surface area contributed by atoms with Crippen LogP contribution < -0.4 is 4.90 Å². The lowest BCUT2D eigenvalue weighted by molar-refractivity contribution is -0.113. The molecule has 25 heavy (non-hydrogen) atoms. The largest absolute Gasteiger partial charge is 0.504 e. The normalized spacial score (nSPS) is 13.2. The number of fused-ring (bicyclic) bond motifs is 1. The van der Waals surface area contributed by atoms with Gasteiger partial charge in [-0.05, 0) is 17.7 Å². The molecule has 0 saturated carbocycles. The molecule has 0 atom stereocenters. The highest BCUT2D eigenvalue weighted by atomic mass is 16.3. The molecule has 5 nitrogen and oxygen atoms in total. The average molecular weight is 331 g/mol. The van der Waals surface area contributed by atoms with Crippen molar-refractivity contribution in [3.63, 3.8) is 0 Å². The number of aromatic hydroxyl groups is 2. The van der Waals surface area contributed by atoms with E-state index in [0.29, 0.717) is 11.3 Å². The van der Waals surface area contributed by atoms with Crippen molar-refractivity contribution in [1.29, 1.82) is 0 Å². The number of anilines is 2. The van der Waals surface area contributed by atoms with Crippen LogP contribution in [0.2, 0.25) is 0 Å². The number of phenols is 2. The SMILES string of the molecule is O=C1C(=O)N(c2ccccc2)c2cc(O)c(O)c(-c3ccccc3)c21. The van der Waals surface area contributed by atoms with Crippen LogP contribution in [0.25, 0.3) is 11.1 Å². The highest BCUT2D eigenvalue weighted by molar-refractivity contribution is 6.55. The highest BCUT2D eigenvalue weighted by Crippen LogP contribution is 2.48. The Hall–Kier alpha value is -3.60. The maximum Gasteiger partial charge on any atom is 0.304 e. The Labute approximate surface area is 143 Å². The molecule has 0 aliphatic carbocycles. The van der Waals surface area contributed by atoms with Gasteiger partial charge in [0.25, 0.3) is 5.78 Å². The Kier molecular flexibility index (Phi) is 3.28. The van der Waals surface area contributed by atoms with Gasteiger partial charge in [-0.25, -0.2) is 0 Å². The summed E-state index contributed by atoms with van der Waals surface area (Å²) in [6.07, 6.45) is 0. The summed E-state index contributed by atoms with van der Waals surface area (Å²) >= 11 is 0. The second kappa shape index (κ2) is 5.49. The van der Waals surface area contributed by atoms with E-state index in [1.165, 1.54) is 11.0 Å². The molecule has 1 aliphatic heterocycles. The van der Waals surface area contributed by atoms with Gasteiger partial charge in [0.1, 0.15) is 0 Å². The molecule has 0 spiro atoms. The van der Waals surface area contributed by atoms with Crippen molar-refractivity contribution in [2.75, 3.05) is 4.90 Å². The number of hydrogen-bond donors (Lipinski definition) is 2. The van der Waals surface area contributed by atoms with Crippen LogP contribution in [0.15, 0.2) is 66.7 Å². The molecule has 0 bridgehead atoms. The van der Waals surface area contributed by atoms with Crippen LogP contribution >= 0.6 is 0 Å². The minimum Gasteiger partial charge on any atom is -0.504 e. The van der Waals surface area contributed by atoms with Crippen LogP contribution in [-0.4, -0.2) is 21.9 Å². The first kappa shape index (κ1) is 15.0. The summed E-state index contributed by atoms with van der Waals surface area (Å²) in [5.74, 6) is -2.24. The standard InChI is InChI=1S/C20H13NO4/c22-15-11-14-17(16(18(15)23)12-7-3-1-4-8-12)19(24)20(25)21(14)13-9-5-2-6-10-13/h1-11,22-23H. The fourth-order valence-electron chi connectivity index (χ4n) is 3.09. The fourth-order valence-corrected chi connectivity index (χ4v) is 3.09. The van der Waals surface area contributed by atoms with Crippen LogP contribution in [-0.2, 0) is 4.79 Å². The minimum atomic E-state index is -0.719. The smallest absolute Gasteiger partial charge is 0.304 e. The fraction of sp³-hybridized carbons (Fsp3) is 0. The molecule has 1 amide bonds. The summed E-state index contributed by atoms with van der Waals surface area (Å²) < 4.78 is 0. The number of ketones is 1. The average Bonchev–Trinajstić information content (AvgIpc) is 2.88. The van der Waals surface area contributed by atoms with Gasteiger partial charge in [0.05, 0.1) is 11.3 Å². The number of para-hydroxylation sites is 1. The number of Topliss-reactive ketones (excluding diaryl/α,β-unsaturated/α-hetero) is 1. The van der Waals surface area contributed by atoms with E-state index in [1.807, 2.05) is 0 Å². The third-order valence-electron chi connectivity index (χ3n) is 4.20. The van der Waals surface area contributed by atoms with Gasteiger partial charge in [0.15, 0.2) is 11.5 Å². The monoisotopic (exact) mass is 331 g/mol. The summed E-state index contributed by atoms with van der Waals surface area (Å²) in [4.78, 5) is 26.5. The second-order valence-electron chi connectivity index (χ2n) is 5.68. The molecule has 3 aromatic rings. The second-order valence-corrected chi connectivity index (χ2v) is 5.68. The lowest BCUT2D eigenvalue weighted by Crippen LogP contribution is -2.24. The molecule has 0 unspecified atom stereocenters. The molecular formula is C20H13NO4. The number of nitrogens with zero attached hydrogens (tertiary/aromatic N) is 1. The third kappa shape index (κ3) is 2.17. The zero-order chi connectivity index (χ0) is 17.6. The molecule has 3 aromatic carbocycles. The summed E-state index contributed by atoms with van der Waals surface area (Å²) in [5.41, 5.74) is 1.57. The number of carbonyl (C=O) groups excluding carboxylic acids is 2. The van der Waals surface area contributed by atoms with E-state index in [2.05, 4.69) is 0 Å². The Morgan fingerprint density at radius 2 is 1.36 bits per heavy atom. The van der Waals surface area contributed by atoms with Gasteiger partial charge in [-0.3, -0.25) is 14.5 Å². The molecule has 1 heterocycles. The number of carbonyl (C=O) groups is 2. The quantitative estimate of drug-likeness (QED) is 0.555. The van der Waals surface area contributed by atoms with E-state index in [4.69, 9.17) is 0 Å². The Morgan fingerprint density at radius 1 is 0.760 bits per heavy atom. The zero-order valence-electron chi connectivity index (χ0n) is 13.0. The van der Waals surface area contributed by atoms with Crippen molar-refractivity contribution < 1.29 is 19.8 Å². The maximum absolute atomic E-state index is 12.7. The van der Waals surface area contributed by atoms with Crippen LogP contribution in [0.5, 0.6) is 11.5 Å². The minimum absolute atomic E-state index is 0.0929. The van der Waals surface area contributed by atoms with Crippen LogP contribution in [0.4, 0.5) is 11.4 Å². The Balaban J connectivity index is 2.03. The van der Waals surface area contributed by atoms with E-state index in [0.717, 1.165) is 0 Å². The molecule has 0 aromatic heterocycles. The van der Waals surface area contributed by atoms with E-state index in [9.17, 15) is 19.8 Å². The van der Waals surface area contributed by atoms with E-state index in [-0.39, 0.29) is 22.6 Å². The van der Waals surface area contributed by atoms with Gasteiger partial charge in [-0.1, -0.05) is 48.5 Å². The van der Waals surface area contributed by atoms with E-state index in [1.54, 1.807) is 60.7 Å². The molecule has 122 valence electrons. The van der Waals surface area contributed by atoms with Crippen molar-refractivity contribution in [3.05, 3.63) is 72.3 Å². The van der Waals surface area contributed by atoms with Crippen molar-refractivity contribution in [2.24, 2.45) is 0 Å². The first-order chi connectivity index (χ1) is 12.1. The van der Waals surface area contributed by atoms with Gasteiger partial charge in [-0.15, -0.1) is 0 Å². The molecule has 4 rings (SSSR count). The number of benzene rings is 3. The van der Waals surface area contributed by atoms with Crippen molar-refractivity contribution in [3.8, 4) is 22.6 Å². The molecule has 2 N–H and O–H groups in total. The van der Waals surface area contributed by atoms with Crippen molar-refractivity contribution in [1.82, 2.24) is 0 Å². The van der Waals surface area contributed by atoms with E-state index >= 15 is 0 Å². The topological polar surface area (TPSA) is 77.8 Å². The van der Waals surface area contributed by atoms with Gasteiger partial charge in [0.2, 0.25) is 0 Å². The van der Waals surface area contributed by atoms with Crippen molar-refractivity contribution >= 4 is 23.1 Å². The maximum atomic E-state index is 12.7. The zero-order valence-corrected chi connectivity index (χ0v) is 13.0. The van der Waals surface area contributed by atoms with Crippen LogP contribution in [0.3, 0.4) is 0 Å². The first-order valence-electron chi connectivity index (χ1n) is 7.67. The lowest BCUT2D eigenvalue weighted by atomic mass is 9.95. The summed E-state index contributed by atoms with van der Waals surface area (Å²) in [6.45, 7) is 0. The van der Waals surface area contributed by atoms with E-state index < -0.39 is 17.4 Å². The number of rotatable bonds is 2. The summed E-state index contributed by atoms with van der Waals surface area (Å²) in [5, 5.41) is 20.5. The summed E-state index contributed by atoms with van der Waals surface area (Å²) in [6, 6.07) is 18.7. The number of amides is 1. The Bertz CT molecular complexity index is 997. The first-order valence-corrected chi connectivity index (χ1v) is 7.67. The highest BCUT2D eigenvalue weighted by Gasteiger charge is 2.41. The van der Waals surface area contributed by atoms with Gasteiger partial charge in [0, 0.05) is 17.3 Å². The van der Waals surface area contributed by atoms with Gasteiger partial charge >= 0.3 is 5.91 Å². The Morgan fingerprint density at radius 3 is 2.00 bits per heavy atom. The lowest BCUT2D eigenvalue weighted by Gasteiger charge is -2.18. The van der Waals surface area contributed by atoms with Gasteiger partial charge in [-0.2, -0.15) is 0 Å². The van der Waals surface area contributed by atoms with Crippen LogP contribution in [0.1, 0.15) is 10.4 Å². The predicted molar refractivity (Wildman–Crippen MR) is 93.1 cm³/mol. The molecular weight excluding hydrogens is 318 g/mol. The third-order valence-corrected chi connectivity index (χ3v) is 4.20. The van der Waals surface area contributed by atoms with Gasteiger partial charge < -0.3 is 10.2 Å². The molecule has 0 fully saturated rings. The predicted octanol–water partition coefficient (Wildman–Crippen LogP) is 3.63. The van der Waals surface area contributed by atoms with Crippen molar-refractivity contribution in [2.45, 2.75) is 0 Å². The summed E-state index contributed by atoms with van der Waals surface area (Å²) in [7, 11) is 0. The molecule has 5 heteroatoms. The number of phenolic OH excluding ortho intramolecular Hbond substituents is 2. The van der Waals surface area contributed by atoms with Crippen LogP contribution in [0, 0.1) is 0 Å². The molecule has 0 saturated heterocycles. The number of hydrogen-bond acceptors (Lipinski definition) is 4. The molecule has 1 aliphatic rings.